The Kier molecular flexibility index (Phi) is 0.908. The van der Waals surface area contributed by atoms with Crippen LogP contribution in [0.15, 0.2) is 0 Å². The van der Waals surface area contributed by atoms with Crippen LogP contribution in [0.25, 0.3) is 0 Å². The molecule has 1 heteroatoms. The largest absolute Gasteiger partial charge is 0.0661 e. The molecule has 0 spiro atoms. The van der Waals surface area contributed by atoms with Gasteiger partial charge in [0.2, 0.25) is 0 Å². The summed E-state index contributed by atoms with van der Waals surface area (Å²) in [4.78, 5) is 0. The zero-order valence-corrected chi connectivity index (χ0v) is 3.91. The van der Waals surface area contributed by atoms with Gasteiger partial charge in [-0.1, -0.05) is 19.4 Å². The molecule has 0 aliphatic rings. The fourth-order valence-electron chi connectivity index (χ4n) is 0. The molecule has 0 radical (unpaired) electrons. The maximum atomic E-state index is 6.80. The molecule has 0 saturated carbocycles. The maximum Gasteiger partial charge on any atom is 0.00729 e. The van der Waals surface area contributed by atoms with Gasteiger partial charge in [0.15, 0.2) is 0 Å². The van der Waals surface area contributed by atoms with Crippen LogP contribution < -0.4 is 0 Å². The van der Waals surface area contributed by atoms with Crippen molar-refractivity contribution in [3.05, 3.63) is 0 Å². The first kappa shape index (κ1) is 1.13. The van der Waals surface area contributed by atoms with Gasteiger partial charge in [0.1, 0.15) is 0 Å². The smallest absolute Gasteiger partial charge is 0.00729 e. The number of hydrogen-bond donors (Lipinski definition) is 0. The molecule has 0 amide bonds. The molecule has 0 bridgehead atoms. The van der Waals surface area contributed by atoms with E-state index in [9.17, 15) is 0 Å². The van der Waals surface area contributed by atoms with E-state index in [2.05, 4.69) is 0 Å². The lowest BCUT2D eigenvalue weighted by molar-refractivity contribution is 1.08. The summed E-state index contributed by atoms with van der Waals surface area (Å²) in [6.07, 6.45) is 0.808. The van der Waals surface area contributed by atoms with Gasteiger partial charge in [-0.15, -0.1) is 0 Å². The fourth-order valence-corrected chi connectivity index (χ4v) is 0. The van der Waals surface area contributed by atoms with Crippen molar-refractivity contribution in [3.63, 3.8) is 0 Å². The molecular formula is C3H10Si. The zero-order valence-electron chi connectivity index (χ0n) is 5.91. The molecular weight excluding hydrogens is 64.1 g/mol. The Morgan fingerprint density at radius 1 is 2.25 bits per heavy atom. The molecule has 0 fully saturated rings. The lowest BCUT2D eigenvalue weighted by Gasteiger charge is -1.67. The summed E-state index contributed by atoms with van der Waals surface area (Å²) in [7, 11) is -2.91. The van der Waals surface area contributed by atoms with E-state index in [0.717, 1.165) is 6.42 Å². The van der Waals surface area contributed by atoms with Gasteiger partial charge in [-0.2, -0.15) is 0 Å². The highest BCUT2D eigenvalue weighted by Gasteiger charge is 1.57. The van der Waals surface area contributed by atoms with E-state index in [0.29, 0.717) is 6.04 Å². The van der Waals surface area contributed by atoms with Crippen LogP contribution in [0.4, 0.5) is 0 Å². The number of hydrogen-bond acceptors (Lipinski definition) is 0. The van der Waals surface area contributed by atoms with Crippen molar-refractivity contribution in [3.8, 4) is 0 Å². The third-order valence-corrected chi connectivity index (χ3v) is 0.750. The second-order valence-electron chi connectivity index (χ2n) is 0.750. The molecule has 0 saturated heterocycles. The average Bonchev–Trinajstić information content (AvgIpc) is 1.30. The highest BCUT2D eigenvalue weighted by Crippen LogP contribution is 1.73. The summed E-state index contributed by atoms with van der Waals surface area (Å²) in [6, 6.07) is 0.479. The monoisotopic (exact) mass is 77.1 g/mol. The highest BCUT2D eigenvalue weighted by atomic mass is 28.1. The van der Waals surface area contributed by atoms with Gasteiger partial charge >= 0.3 is 0 Å². The summed E-state index contributed by atoms with van der Waals surface area (Å²) < 4.78 is 20.4. The molecule has 0 aliphatic heterocycles. The summed E-state index contributed by atoms with van der Waals surface area (Å²) in [5.74, 6) is 0. The molecule has 0 nitrogen and oxygen atoms in total. The topological polar surface area (TPSA) is 0 Å². The first-order chi connectivity index (χ1) is 3.06. The Labute approximate surface area is 34.3 Å². The summed E-state index contributed by atoms with van der Waals surface area (Å²) >= 11 is 0. The van der Waals surface area contributed by atoms with E-state index in [4.69, 9.17) is 3.70 Å². The van der Waals surface area contributed by atoms with Crippen LogP contribution in [0.2, 0.25) is 6.04 Å². The van der Waals surface area contributed by atoms with Gasteiger partial charge in [0.25, 0.3) is 0 Å². The molecule has 0 aromatic rings. The predicted molar refractivity (Wildman–Crippen MR) is 25.0 cm³/mol. The summed E-state index contributed by atoms with van der Waals surface area (Å²) in [5, 5.41) is 0. The molecule has 26 valence electrons. The minimum Gasteiger partial charge on any atom is -0.0661 e. The van der Waals surface area contributed by atoms with Crippen LogP contribution in [-0.4, -0.2) is 13.7 Å². The maximum absolute atomic E-state index is 6.80. The van der Waals surface area contributed by atoms with Gasteiger partial charge in [-0.05, 0) is 0 Å². The van der Waals surface area contributed by atoms with Gasteiger partial charge in [0.05, 0.1) is 0 Å². The zero-order chi connectivity index (χ0) is 5.91. The average molecular weight is 77.2 g/mol. The first-order valence-corrected chi connectivity index (χ1v) is 2.27. The van der Waals surface area contributed by atoms with Crippen molar-refractivity contribution in [2.75, 3.05) is 0 Å². The van der Waals surface area contributed by atoms with E-state index in [1.54, 1.807) is 0 Å². The van der Waals surface area contributed by atoms with Gasteiger partial charge in [-0.25, -0.2) is 0 Å². The summed E-state index contributed by atoms with van der Waals surface area (Å²) in [6.45, 7) is 1.90. The van der Waals surface area contributed by atoms with Crippen LogP contribution in [0, 0.1) is 0 Å². The van der Waals surface area contributed by atoms with E-state index < -0.39 is 10.0 Å². The highest BCUT2D eigenvalue weighted by molar-refractivity contribution is 6.08. The van der Waals surface area contributed by atoms with E-state index in [1.807, 2.05) is 6.92 Å². The standard InChI is InChI=1S/C3H10Si/c1-2-3-4/h2-3H2,1,4H3/i4D3. The van der Waals surface area contributed by atoms with E-state index in [1.165, 1.54) is 0 Å². The third kappa shape index (κ3) is 2.22. The quantitative estimate of drug-likeness (QED) is 0.412. The van der Waals surface area contributed by atoms with Crippen molar-refractivity contribution in [2.24, 2.45) is 0 Å². The van der Waals surface area contributed by atoms with Crippen LogP contribution >= 0.6 is 0 Å². The Balaban J connectivity index is 3.15. The second-order valence-corrected chi connectivity index (χ2v) is 1.25. The lowest BCUT2D eigenvalue weighted by Crippen LogP contribution is -1.55. The molecule has 0 aromatic carbocycles. The minimum atomic E-state index is -2.91. The molecule has 0 atom stereocenters. The van der Waals surface area contributed by atoms with Crippen molar-refractivity contribution in [2.45, 2.75) is 19.4 Å². The normalized spacial score (nSPS) is 21.8. The van der Waals surface area contributed by atoms with Crippen molar-refractivity contribution in [1.29, 1.82) is 3.70 Å². The van der Waals surface area contributed by atoms with Gasteiger partial charge in [0, 0.05) is 13.7 Å². The number of rotatable bonds is 2. The molecule has 0 aliphatic carbocycles. The molecule has 4 heavy (non-hydrogen) atoms. The SMILES string of the molecule is [2H][Si]([2H])([2H])CCC. The van der Waals surface area contributed by atoms with Crippen LogP contribution in [-0.2, 0) is 0 Å². The molecule has 0 N–H and O–H groups in total. The lowest BCUT2D eigenvalue weighted by atomic mass is 10.6. The van der Waals surface area contributed by atoms with Crippen LogP contribution in [0.5, 0.6) is 0 Å². The van der Waals surface area contributed by atoms with E-state index in [-0.39, 0.29) is 0 Å². The molecule has 0 unspecified atom stereocenters. The first-order valence-electron chi connectivity index (χ1n) is 3.06. The van der Waals surface area contributed by atoms with Crippen molar-refractivity contribution >= 4 is 10.0 Å². The Morgan fingerprint density at radius 2 is 3.00 bits per heavy atom. The molecule has 0 aromatic heterocycles. The summed E-state index contributed by atoms with van der Waals surface area (Å²) in [5.41, 5.74) is 0. The Morgan fingerprint density at radius 3 is 3.00 bits per heavy atom. The Bertz CT molecular complexity index is 48.6. The van der Waals surface area contributed by atoms with Crippen LogP contribution in [0.3, 0.4) is 0 Å². The fraction of sp³-hybridized carbons (Fsp3) is 1.00. The van der Waals surface area contributed by atoms with Crippen molar-refractivity contribution < 1.29 is 0 Å². The van der Waals surface area contributed by atoms with Crippen LogP contribution in [0.1, 0.15) is 13.3 Å². The third-order valence-electron chi connectivity index (χ3n) is 0.250. The predicted octanol–water partition coefficient (Wildman–Crippen LogP) is 0.180. The molecule has 0 rings (SSSR count). The van der Waals surface area contributed by atoms with Crippen molar-refractivity contribution in [1.82, 2.24) is 0 Å². The van der Waals surface area contributed by atoms with Gasteiger partial charge in [-0.3, -0.25) is 0 Å². The Hall–Kier alpha value is 0.217. The van der Waals surface area contributed by atoms with E-state index >= 15 is 0 Å². The van der Waals surface area contributed by atoms with Gasteiger partial charge < -0.3 is 0 Å². The molecule has 0 heterocycles. The second kappa shape index (κ2) is 3.22. The minimum absolute atomic E-state index is 0.479.